The van der Waals surface area contributed by atoms with E-state index >= 15 is 0 Å². The van der Waals surface area contributed by atoms with Crippen LogP contribution >= 0.6 is 11.8 Å². The van der Waals surface area contributed by atoms with E-state index in [9.17, 15) is 0 Å². The predicted molar refractivity (Wildman–Crippen MR) is 68.4 cm³/mol. The van der Waals surface area contributed by atoms with Crippen molar-refractivity contribution in [3.63, 3.8) is 0 Å². The van der Waals surface area contributed by atoms with Gasteiger partial charge in [0, 0.05) is 17.6 Å². The number of hydrogen-bond acceptors (Lipinski definition) is 3. The Hall–Kier alpha value is -0.830. The molecule has 0 N–H and O–H groups in total. The molecule has 0 radical (unpaired) electrons. The first-order valence-electron chi connectivity index (χ1n) is 5.87. The van der Waals surface area contributed by atoms with Gasteiger partial charge in [-0.05, 0) is 30.7 Å². The molecule has 1 heterocycles. The zero-order valence-electron chi connectivity index (χ0n) is 9.67. The van der Waals surface area contributed by atoms with Crippen molar-refractivity contribution in [3.05, 3.63) is 31.1 Å². The van der Waals surface area contributed by atoms with Crippen LogP contribution in [0.15, 0.2) is 36.3 Å². The van der Waals surface area contributed by atoms with Crippen molar-refractivity contribution < 1.29 is 0 Å². The molecule has 0 aromatic carbocycles. The van der Waals surface area contributed by atoms with Crippen molar-refractivity contribution in [2.24, 2.45) is 11.8 Å². The summed E-state index contributed by atoms with van der Waals surface area (Å²) in [4.78, 5) is 8.57. The van der Waals surface area contributed by atoms with Crippen LogP contribution in [0.4, 0.5) is 0 Å². The second-order valence-electron chi connectivity index (χ2n) is 4.38. The van der Waals surface area contributed by atoms with E-state index < -0.39 is 0 Å². The van der Waals surface area contributed by atoms with Gasteiger partial charge in [-0.1, -0.05) is 31.2 Å². The van der Waals surface area contributed by atoms with E-state index in [1.807, 2.05) is 30.2 Å². The summed E-state index contributed by atoms with van der Waals surface area (Å²) in [5.41, 5.74) is 0. The van der Waals surface area contributed by atoms with Crippen LogP contribution in [0.5, 0.6) is 0 Å². The second-order valence-corrected chi connectivity index (χ2v) is 5.58. The highest BCUT2D eigenvalue weighted by atomic mass is 32.2. The highest BCUT2D eigenvalue weighted by molar-refractivity contribution is 7.99. The van der Waals surface area contributed by atoms with Crippen LogP contribution in [0.2, 0.25) is 0 Å². The van der Waals surface area contributed by atoms with E-state index in [0.717, 1.165) is 5.16 Å². The van der Waals surface area contributed by atoms with Crippen molar-refractivity contribution in [2.75, 3.05) is 0 Å². The summed E-state index contributed by atoms with van der Waals surface area (Å²) in [5.74, 6) is 1.34. The molecule has 0 spiro atoms. The molecule has 0 aliphatic heterocycles. The van der Waals surface area contributed by atoms with Gasteiger partial charge in [0.1, 0.15) is 0 Å². The Morgan fingerprint density at radius 3 is 2.81 bits per heavy atom. The molecule has 3 heteroatoms. The van der Waals surface area contributed by atoms with Crippen LogP contribution in [0.1, 0.15) is 26.2 Å². The summed E-state index contributed by atoms with van der Waals surface area (Å²) < 4.78 is 0. The van der Waals surface area contributed by atoms with E-state index in [0.29, 0.717) is 17.1 Å². The maximum absolute atomic E-state index is 4.28. The molecule has 1 aliphatic rings. The highest BCUT2D eigenvalue weighted by Gasteiger charge is 2.29. The maximum atomic E-state index is 4.28. The standard InChI is InChI=1S/C13H18N2S/c1-3-11-6-4-7-12(10(11)2)16-13-14-8-5-9-15-13/h3,5,8-12H,1,4,6-7H2,2H3/t10-,11+,12+/m0/s1. The summed E-state index contributed by atoms with van der Waals surface area (Å²) >= 11 is 1.82. The minimum Gasteiger partial charge on any atom is -0.231 e. The molecule has 1 saturated carbocycles. The van der Waals surface area contributed by atoms with Crippen LogP contribution in [-0.4, -0.2) is 15.2 Å². The topological polar surface area (TPSA) is 25.8 Å². The molecule has 16 heavy (non-hydrogen) atoms. The monoisotopic (exact) mass is 234 g/mol. The number of thioether (sulfide) groups is 1. The number of hydrogen-bond donors (Lipinski definition) is 0. The number of nitrogens with zero attached hydrogens (tertiary/aromatic N) is 2. The largest absolute Gasteiger partial charge is 0.231 e. The minimum absolute atomic E-state index is 0.638. The van der Waals surface area contributed by atoms with E-state index in [4.69, 9.17) is 0 Å². The van der Waals surface area contributed by atoms with Gasteiger partial charge in [0.05, 0.1) is 0 Å². The van der Waals surface area contributed by atoms with Gasteiger partial charge in [-0.2, -0.15) is 0 Å². The Labute approximate surface area is 102 Å². The van der Waals surface area contributed by atoms with Crippen molar-refractivity contribution in [1.82, 2.24) is 9.97 Å². The predicted octanol–water partition coefficient (Wildman–Crippen LogP) is 3.56. The molecular weight excluding hydrogens is 216 g/mol. The van der Waals surface area contributed by atoms with Gasteiger partial charge in [0.25, 0.3) is 0 Å². The molecule has 2 rings (SSSR count). The smallest absolute Gasteiger partial charge is 0.187 e. The third-order valence-corrected chi connectivity index (χ3v) is 4.78. The van der Waals surface area contributed by atoms with Crippen molar-refractivity contribution in [2.45, 2.75) is 36.6 Å². The second kappa shape index (κ2) is 5.48. The molecule has 0 unspecified atom stereocenters. The quantitative estimate of drug-likeness (QED) is 0.591. The average molecular weight is 234 g/mol. The van der Waals surface area contributed by atoms with Crippen LogP contribution in [0.25, 0.3) is 0 Å². The summed E-state index contributed by atoms with van der Waals surface area (Å²) in [6, 6.07) is 1.86. The van der Waals surface area contributed by atoms with Gasteiger partial charge in [0.15, 0.2) is 5.16 Å². The normalized spacial score (nSPS) is 29.9. The summed E-state index contributed by atoms with van der Waals surface area (Å²) in [6.07, 6.45) is 9.60. The molecule has 0 bridgehead atoms. The van der Waals surface area contributed by atoms with Crippen molar-refractivity contribution >= 4 is 11.8 Å². The lowest BCUT2D eigenvalue weighted by atomic mass is 9.80. The molecule has 1 aromatic rings. The summed E-state index contributed by atoms with van der Waals surface area (Å²) in [5, 5.41) is 1.54. The summed E-state index contributed by atoms with van der Waals surface area (Å²) in [7, 11) is 0. The van der Waals surface area contributed by atoms with Crippen LogP contribution in [-0.2, 0) is 0 Å². The first-order valence-corrected chi connectivity index (χ1v) is 6.75. The maximum Gasteiger partial charge on any atom is 0.187 e. The zero-order valence-corrected chi connectivity index (χ0v) is 10.5. The Kier molecular flexibility index (Phi) is 3.99. The summed E-state index contributed by atoms with van der Waals surface area (Å²) in [6.45, 7) is 6.26. The Bertz CT molecular complexity index is 339. The highest BCUT2D eigenvalue weighted by Crippen LogP contribution is 2.39. The van der Waals surface area contributed by atoms with Gasteiger partial charge in [-0.3, -0.25) is 0 Å². The van der Waals surface area contributed by atoms with Gasteiger partial charge >= 0.3 is 0 Å². The molecule has 86 valence electrons. The van der Waals surface area contributed by atoms with E-state index in [1.54, 1.807) is 0 Å². The van der Waals surface area contributed by atoms with Crippen molar-refractivity contribution in [3.8, 4) is 0 Å². The Balaban J connectivity index is 2.01. The first-order chi connectivity index (χ1) is 7.81. The molecule has 1 aromatic heterocycles. The average Bonchev–Trinajstić information content (AvgIpc) is 2.33. The van der Waals surface area contributed by atoms with Gasteiger partial charge in [-0.15, -0.1) is 6.58 Å². The van der Waals surface area contributed by atoms with Crippen LogP contribution in [0, 0.1) is 11.8 Å². The third kappa shape index (κ3) is 2.64. The van der Waals surface area contributed by atoms with Crippen molar-refractivity contribution in [1.29, 1.82) is 0 Å². The van der Waals surface area contributed by atoms with Gasteiger partial charge in [-0.25, -0.2) is 9.97 Å². The van der Waals surface area contributed by atoms with E-state index in [-0.39, 0.29) is 0 Å². The van der Waals surface area contributed by atoms with Crippen LogP contribution in [0.3, 0.4) is 0 Å². The number of allylic oxidation sites excluding steroid dienone is 1. The zero-order chi connectivity index (χ0) is 11.4. The van der Waals surface area contributed by atoms with Gasteiger partial charge in [0.2, 0.25) is 0 Å². The first kappa shape index (κ1) is 11.6. The molecule has 0 saturated heterocycles. The lowest BCUT2D eigenvalue weighted by Crippen LogP contribution is -2.26. The van der Waals surface area contributed by atoms with Gasteiger partial charge < -0.3 is 0 Å². The molecule has 0 amide bonds. The lowest BCUT2D eigenvalue weighted by Gasteiger charge is -2.33. The van der Waals surface area contributed by atoms with Crippen LogP contribution < -0.4 is 0 Å². The molecule has 1 aliphatic carbocycles. The fourth-order valence-electron chi connectivity index (χ4n) is 2.34. The lowest BCUT2D eigenvalue weighted by molar-refractivity contribution is 0.317. The van der Waals surface area contributed by atoms with E-state index in [2.05, 4.69) is 29.5 Å². The molecule has 1 fully saturated rings. The third-order valence-electron chi connectivity index (χ3n) is 3.39. The molecular formula is C13H18N2S. The molecule has 3 atom stereocenters. The fraction of sp³-hybridized carbons (Fsp3) is 0.538. The SMILES string of the molecule is C=C[C@@H]1CCC[C@@H](Sc2ncccn2)[C@H]1C. The van der Waals surface area contributed by atoms with E-state index in [1.165, 1.54) is 19.3 Å². The Morgan fingerprint density at radius 2 is 2.12 bits per heavy atom. The fourth-order valence-corrected chi connectivity index (χ4v) is 3.55. The molecule has 2 nitrogen and oxygen atoms in total. The Morgan fingerprint density at radius 1 is 1.38 bits per heavy atom. The minimum atomic E-state index is 0.638. The number of aromatic nitrogens is 2. The number of rotatable bonds is 3.